The van der Waals surface area contributed by atoms with Crippen molar-refractivity contribution < 1.29 is 26.0 Å². The quantitative estimate of drug-likeness (QED) is 0.483. The number of ether oxygens (including phenoxy) is 1. The fourth-order valence-corrected chi connectivity index (χ4v) is 5.48. The summed E-state index contributed by atoms with van der Waals surface area (Å²) in [5.41, 5.74) is 0.279. The molecule has 0 heterocycles. The summed E-state index contributed by atoms with van der Waals surface area (Å²) >= 11 is 12.1. The van der Waals surface area contributed by atoms with Gasteiger partial charge in [0.1, 0.15) is 21.5 Å². The second kappa shape index (κ2) is 8.91. The van der Waals surface area contributed by atoms with Crippen molar-refractivity contribution in [1.29, 1.82) is 0 Å². The molecular weight excluding hydrogens is 490 g/mol. The highest BCUT2D eigenvalue weighted by molar-refractivity contribution is 7.93. The van der Waals surface area contributed by atoms with Gasteiger partial charge in [0.05, 0.1) is 17.0 Å². The summed E-state index contributed by atoms with van der Waals surface area (Å²) in [5, 5.41) is -0.267. The summed E-state index contributed by atoms with van der Waals surface area (Å²) in [4.78, 5) is -0.389. The Morgan fingerprint density at radius 1 is 0.742 bits per heavy atom. The van der Waals surface area contributed by atoms with E-state index in [9.17, 15) is 21.2 Å². The first-order valence-electron chi connectivity index (χ1n) is 8.47. The summed E-state index contributed by atoms with van der Waals surface area (Å²) in [6.07, 6.45) is 0. The molecule has 0 unspecified atom stereocenters. The largest absolute Gasteiger partial charge is 0.495 e. The lowest BCUT2D eigenvalue weighted by Gasteiger charge is -2.13. The maximum atomic E-state index is 13.0. The Bertz CT molecular complexity index is 1310. The lowest BCUT2D eigenvalue weighted by molar-refractivity contribution is 0.414. The van der Waals surface area contributed by atoms with Gasteiger partial charge < -0.3 is 4.74 Å². The summed E-state index contributed by atoms with van der Waals surface area (Å²) in [6.45, 7) is 0. The SMILES string of the molecule is COc1ccc(S(=O)(=O)Nc2ccc(S(=O)(=O)Nc3ccc(F)cc3)cc2)c(Cl)c1Cl. The molecule has 0 fully saturated rings. The molecule has 0 aliphatic heterocycles. The Hall–Kier alpha value is -2.53. The molecule has 3 aromatic rings. The van der Waals surface area contributed by atoms with Gasteiger partial charge in [-0.25, -0.2) is 21.2 Å². The number of sulfonamides is 2. The number of hydrogen-bond acceptors (Lipinski definition) is 5. The smallest absolute Gasteiger partial charge is 0.263 e. The molecule has 0 saturated heterocycles. The third-order valence-corrected chi connectivity index (χ3v) is 7.83. The Morgan fingerprint density at radius 2 is 1.26 bits per heavy atom. The first-order chi connectivity index (χ1) is 14.5. The van der Waals surface area contributed by atoms with E-state index in [0.29, 0.717) is 0 Å². The number of nitrogens with one attached hydrogen (secondary N) is 2. The molecule has 3 aromatic carbocycles. The third-order valence-electron chi connectivity index (χ3n) is 4.03. The number of methoxy groups -OCH3 is 1. The van der Waals surface area contributed by atoms with Gasteiger partial charge in [0.25, 0.3) is 20.0 Å². The zero-order valence-electron chi connectivity index (χ0n) is 15.8. The minimum absolute atomic E-state index is 0.0552. The molecular formula is C19H15Cl2FN2O5S2. The van der Waals surface area contributed by atoms with Gasteiger partial charge in [0.15, 0.2) is 0 Å². The van der Waals surface area contributed by atoms with Crippen molar-refractivity contribution in [3.05, 3.63) is 76.5 Å². The molecule has 2 N–H and O–H groups in total. The molecule has 0 saturated carbocycles. The lowest BCUT2D eigenvalue weighted by atomic mass is 10.3. The van der Waals surface area contributed by atoms with Crippen molar-refractivity contribution in [1.82, 2.24) is 0 Å². The first kappa shape index (κ1) is 23.1. The standard InChI is InChI=1S/C19H15Cl2FN2O5S2/c1-29-16-10-11-17(19(21)18(16)20)31(27,28)24-14-6-8-15(9-7-14)30(25,26)23-13-4-2-12(22)3-5-13/h2-11,23-24H,1H3. The van der Waals surface area contributed by atoms with Gasteiger partial charge in [0, 0.05) is 11.4 Å². The molecule has 7 nitrogen and oxygen atoms in total. The van der Waals surface area contributed by atoms with Gasteiger partial charge in [-0.2, -0.15) is 0 Å². The van der Waals surface area contributed by atoms with E-state index in [2.05, 4.69) is 9.44 Å². The van der Waals surface area contributed by atoms with Gasteiger partial charge in [-0.15, -0.1) is 0 Å². The van der Waals surface area contributed by atoms with E-state index in [1.54, 1.807) is 0 Å². The fraction of sp³-hybridized carbons (Fsp3) is 0.0526. The van der Waals surface area contributed by atoms with Crippen molar-refractivity contribution in [2.75, 3.05) is 16.6 Å². The summed E-state index contributed by atoms with van der Waals surface area (Å²) < 4.78 is 72.8. The minimum atomic E-state index is -4.11. The van der Waals surface area contributed by atoms with E-state index >= 15 is 0 Å². The van der Waals surface area contributed by atoms with Crippen LogP contribution in [0, 0.1) is 5.82 Å². The topological polar surface area (TPSA) is 102 Å². The zero-order valence-corrected chi connectivity index (χ0v) is 18.9. The average Bonchev–Trinajstić information content (AvgIpc) is 2.71. The van der Waals surface area contributed by atoms with Crippen LogP contribution in [0.2, 0.25) is 10.0 Å². The minimum Gasteiger partial charge on any atom is -0.495 e. The van der Waals surface area contributed by atoms with Crippen LogP contribution in [0.1, 0.15) is 0 Å². The average molecular weight is 505 g/mol. The first-order valence-corrected chi connectivity index (χ1v) is 12.2. The van der Waals surface area contributed by atoms with E-state index in [4.69, 9.17) is 27.9 Å². The highest BCUT2D eigenvalue weighted by Gasteiger charge is 2.22. The molecule has 0 aliphatic carbocycles. The van der Waals surface area contributed by atoms with Crippen LogP contribution in [0.25, 0.3) is 0 Å². The van der Waals surface area contributed by atoms with Crippen molar-refractivity contribution in [2.45, 2.75) is 9.79 Å². The van der Waals surface area contributed by atoms with Crippen molar-refractivity contribution in [3.63, 3.8) is 0 Å². The molecule has 0 spiro atoms. The number of benzene rings is 3. The fourth-order valence-electron chi connectivity index (χ4n) is 2.52. The highest BCUT2D eigenvalue weighted by atomic mass is 35.5. The number of anilines is 2. The molecule has 3 rings (SSSR count). The Labute approximate surface area is 188 Å². The molecule has 0 aromatic heterocycles. The van der Waals surface area contributed by atoms with E-state index in [-0.39, 0.29) is 37.0 Å². The van der Waals surface area contributed by atoms with Crippen LogP contribution in [0.3, 0.4) is 0 Å². The predicted molar refractivity (Wildman–Crippen MR) is 117 cm³/mol. The van der Waals surface area contributed by atoms with Crippen molar-refractivity contribution in [2.24, 2.45) is 0 Å². The predicted octanol–water partition coefficient (Wildman–Crippen LogP) is 4.74. The molecule has 0 atom stereocenters. The van der Waals surface area contributed by atoms with Crippen LogP contribution in [0.15, 0.2) is 70.5 Å². The monoisotopic (exact) mass is 504 g/mol. The lowest BCUT2D eigenvalue weighted by Crippen LogP contribution is -2.15. The Morgan fingerprint density at radius 3 is 1.81 bits per heavy atom. The molecule has 31 heavy (non-hydrogen) atoms. The van der Waals surface area contributed by atoms with Crippen LogP contribution in [-0.2, 0) is 20.0 Å². The van der Waals surface area contributed by atoms with E-state index in [1.165, 1.54) is 55.6 Å². The van der Waals surface area contributed by atoms with Crippen LogP contribution in [-0.4, -0.2) is 23.9 Å². The van der Waals surface area contributed by atoms with Gasteiger partial charge in [-0.1, -0.05) is 23.2 Å². The van der Waals surface area contributed by atoms with Gasteiger partial charge >= 0.3 is 0 Å². The molecule has 0 bridgehead atoms. The molecule has 0 aliphatic rings. The van der Waals surface area contributed by atoms with Crippen molar-refractivity contribution in [3.8, 4) is 5.75 Å². The summed E-state index contributed by atoms with van der Waals surface area (Å²) in [5.74, 6) is -0.285. The second-order valence-corrected chi connectivity index (χ2v) is 10.2. The number of halogens is 3. The van der Waals surface area contributed by atoms with E-state index in [0.717, 1.165) is 12.1 Å². The number of hydrogen-bond donors (Lipinski definition) is 2. The van der Waals surface area contributed by atoms with Crippen LogP contribution < -0.4 is 14.2 Å². The maximum Gasteiger partial charge on any atom is 0.263 e. The zero-order chi connectivity index (χ0) is 22.8. The normalized spacial score (nSPS) is 11.7. The van der Waals surface area contributed by atoms with Crippen LogP contribution in [0.5, 0.6) is 5.75 Å². The maximum absolute atomic E-state index is 13.0. The van der Waals surface area contributed by atoms with Gasteiger partial charge in [-0.3, -0.25) is 9.44 Å². The summed E-state index contributed by atoms with van der Waals surface area (Å²) in [7, 11) is -6.71. The second-order valence-electron chi connectivity index (χ2n) is 6.14. The van der Waals surface area contributed by atoms with Crippen LogP contribution >= 0.6 is 23.2 Å². The van der Waals surface area contributed by atoms with Gasteiger partial charge in [-0.05, 0) is 60.7 Å². The van der Waals surface area contributed by atoms with Gasteiger partial charge in [0.2, 0.25) is 0 Å². The van der Waals surface area contributed by atoms with E-state index in [1.807, 2.05) is 0 Å². The molecule has 0 radical (unpaired) electrons. The summed E-state index contributed by atoms with van der Waals surface area (Å²) in [6, 6.07) is 12.4. The van der Waals surface area contributed by atoms with Crippen molar-refractivity contribution >= 4 is 54.6 Å². The molecule has 164 valence electrons. The number of rotatable bonds is 7. The Kier molecular flexibility index (Phi) is 6.65. The van der Waals surface area contributed by atoms with E-state index < -0.39 is 25.9 Å². The highest BCUT2D eigenvalue weighted by Crippen LogP contribution is 2.37. The molecule has 12 heteroatoms. The third kappa shape index (κ3) is 5.21. The van der Waals surface area contributed by atoms with Crippen LogP contribution in [0.4, 0.5) is 15.8 Å². The molecule has 0 amide bonds. The Balaban J connectivity index is 1.81.